The standard InChI is InChI=1S/C8H17N/c1-6-9(7-2)8(3,4)5/h3H,6-7H2,1-2,4-5H3. The third kappa shape index (κ3) is 2.85. The molecule has 0 fully saturated rings. The Bertz CT molecular complexity index is 67.1. The monoisotopic (exact) mass is 127 g/mol. The van der Waals surface area contributed by atoms with Crippen LogP contribution < -0.4 is 0 Å². The lowest BCUT2D eigenvalue weighted by Crippen LogP contribution is -2.41. The summed E-state index contributed by atoms with van der Waals surface area (Å²) in [6.45, 7) is 16.2. The lowest BCUT2D eigenvalue weighted by Gasteiger charge is -2.33. The minimum absolute atomic E-state index is 0.149. The molecule has 0 saturated carbocycles. The van der Waals surface area contributed by atoms with Crippen molar-refractivity contribution in [2.24, 2.45) is 0 Å². The Labute approximate surface area is 59.1 Å². The Morgan fingerprint density at radius 1 is 1.22 bits per heavy atom. The van der Waals surface area contributed by atoms with E-state index in [0.29, 0.717) is 0 Å². The first-order chi connectivity index (χ1) is 4.02. The van der Waals surface area contributed by atoms with Gasteiger partial charge in [0.25, 0.3) is 0 Å². The Hall–Kier alpha value is -0.0400. The fourth-order valence-electron chi connectivity index (χ4n) is 1.04. The molecular weight excluding hydrogens is 110 g/mol. The molecule has 0 saturated heterocycles. The molecule has 0 bridgehead atoms. The highest BCUT2D eigenvalue weighted by atomic mass is 15.2. The van der Waals surface area contributed by atoms with Crippen LogP contribution in [0.3, 0.4) is 0 Å². The van der Waals surface area contributed by atoms with Crippen molar-refractivity contribution in [3.05, 3.63) is 6.92 Å². The van der Waals surface area contributed by atoms with Gasteiger partial charge in [-0.25, -0.2) is 0 Å². The molecular formula is C8H17N. The minimum atomic E-state index is -0.149. The third-order valence-corrected chi connectivity index (χ3v) is 1.58. The molecule has 0 aromatic rings. The van der Waals surface area contributed by atoms with E-state index in [1.807, 2.05) is 13.8 Å². The Morgan fingerprint density at radius 3 is 1.56 bits per heavy atom. The smallest absolute Gasteiger partial charge is 0.0188 e. The normalized spacial score (nSPS) is 12.7. The summed E-state index contributed by atoms with van der Waals surface area (Å²) in [6, 6.07) is 0. The number of hydrogen-bond acceptors (Lipinski definition) is 1. The van der Waals surface area contributed by atoms with Crippen LogP contribution in [0.2, 0.25) is 0 Å². The van der Waals surface area contributed by atoms with Crippen molar-refractivity contribution in [2.45, 2.75) is 33.2 Å². The lowest BCUT2D eigenvalue weighted by molar-refractivity contribution is 0.178. The Kier molecular flexibility index (Phi) is 3.20. The van der Waals surface area contributed by atoms with Crippen LogP contribution in [0, 0.1) is 6.92 Å². The maximum atomic E-state index is 5.83. The van der Waals surface area contributed by atoms with E-state index < -0.39 is 0 Å². The number of rotatable bonds is 3. The average molecular weight is 127 g/mol. The molecule has 0 unspecified atom stereocenters. The van der Waals surface area contributed by atoms with Crippen molar-refractivity contribution in [3.63, 3.8) is 0 Å². The van der Waals surface area contributed by atoms with Gasteiger partial charge in [0.1, 0.15) is 0 Å². The van der Waals surface area contributed by atoms with Crippen LogP contribution in [0.1, 0.15) is 27.7 Å². The molecule has 1 heteroatoms. The summed E-state index contributed by atoms with van der Waals surface area (Å²) < 4.78 is 0. The van der Waals surface area contributed by atoms with Crippen LogP contribution in [0.4, 0.5) is 0 Å². The summed E-state index contributed by atoms with van der Waals surface area (Å²) in [5.41, 5.74) is -0.149. The van der Waals surface area contributed by atoms with Gasteiger partial charge in [-0.3, -0.25) is 4.90 Å². The van der Waals surface area contributed by atoms with E-state index in [-0.39, 0.29) is 5.54 Å². The predicted octanol–water partition coefficient (Wildman–Crippen LogP) is 1.82. The highest BCUT2D eigenvalue weighted by Crippen LogP contribution is 2.10. The van der Waals surface area contributed by atoms with E-state index in [9.17, 15) is 0 Å². The van der Waals surface area contributed by atoms with Gasteiger partial charge < -0.3 is 0 Å². The van der Waals surface area contributed by atoms with E-state index in [4.69, 9.17) is 6.92 Å². The van der Waals surface area contributed by atoms with E-state index in [1.165, 1.54) is 0 Å². The Morgan fingerprint density at radius 2 is 1.56 bits per heavy atom. The second-order valence-electron chi connectivity index (χ2n) is 2.83. The van der Waals surface area contributed by atoms with Gasteiger partial charge in [0, 0.05) is 5.54 Å². The highest BCUT2D eigenvalue weighted by Gasteiger charge is 2.16. The fraction of sp³-hybridized carbons (Fsp3) is 0.875. The van der Waals surface area contributed by atoms with Crippen molar-refractivity contribution in [1.29, 1.82) is 0 Å². The van der Waals surface area contributed by atoms with Crippen LogP contribution >= 0.6 is 0 Å². The van der Waals surface area contributed by atoms with Gasteiger partial charge in [-0.15, -0.1) is 0 Å². The molecule has 1 nitrogen and oxygen atoms in total. The fourth-order valence-corrected chi connectivity index (χ4v) is 1.04. The van der Waals surface area contributed by atoms with Crippen LogP contribution in [-0.2, 0) is 0 Å². The van der Waals surface area contributed by atoms with Crippen molar-refractivity contribution >= 4 is 0 Å². The van der Waals surface area contributed by atoms with Crippen molar-refractivity contribution in [2.75, 3.05) is 13.1 Å². The molecule has 0 aromatic heterocycles. The molecule has 0 N–H and O–H groups in total. The van der Waals surface area contributed by atoms with Crippen LogP contribution in [0.15, 0.2) is 0 Å². The first kappa shape index (κ1) is 8.96. The zero-order chi connectivity index (χ0) is 7.49. The number of hydrogen-bond donors (Lipinski definition) is 0. The molecule has 0 aromatic carbocycles. The van der Waals surface area contributed by atoms with Crippen LogP contribution in [-0.4, -0.2) is 23.5 Å². The Balaban J connectivity index is 3.79. The molecule has 0 aliphatic carbocycles. The summed E-state index contributed by atoms with van der Waals surface area (Å²) in [5, 5.41) is 0. The van der Waals surface area contributed by atoms with Gasteiger partial charge in [0.15, 0.2) is 0 Å². The third-order valence-electron chi connectivity index (χ3n) is 1.58. The average Bonchev–Trinajstić information content (AvgIpc) is 1.65. The topological polar surface area (TPSA) is 3.24 Å². The molecule has 0 heterocycles. The number of nitrogens with zero attached hydrogens (tertiary/aromatic N) is 1. The largest absolute Gasteiger partial charge is 0.298 e. The molecule has 0 atom stereocenters. The zero-order valence-electron chi connectivity index (χ0n) is 6.94. The van der Waals surface area contributed by atoms with Crippen molar-refractivity contribution in [3.8, 4) is 0 Å². The summed E-state index contributed by atoms with van der Waals surface area (Å²) in [5.74, 6) is 0. The molecule has 0 spiro atoms. The molecule has 0 aliphatic rings. The maximum absolute atomic E-state index is 5.83. The lowest BCUT2D eigenvalue weighted by atomic mass is 10.1. The van der Waals surface area contributed by atoms with Gasteiger partial charge in [0.05, 0.1) is 0 Å². The van der Waals surface area contributed by atoms with Crippen LogP contribution in [0.25, 0.3) is 0 Å². The molecule has 9 heavy (non-hydrogen) atoms. The van der Waals surface area contributed by atoms with Gasteiger partial charge in [0.2, 0.25) is 0 Å². The molecule has 2 radical (unpaired) electrons. The van der Waals surface area contributed by atoms with Gasteiger partial charge in [-0.1, -0.05) is 13.8 Å². The summed E-state index contributed by atoms with van der Waals surface area (Å²) in [4.78, 5) is 2.22. The quantitative estimate of drug-likeness (QED) is 0.559. The zero-order valence-corrected chi connectivity index (χ0v) is 6.94. The van der Waals surface area contributed by atoms with E-state index in [1.54, 1.807) is 0 Å². The van der Waals surface area contributed by atoms with Crippen molar-refractivity contribution < 1.29 is 0 Å². The molecule has 0 aliphatic heterocycles. The summed E-state index contributed by atoms with van der Waals surface area (Å²) in [6.07, 6.45) is 0. The maximum Gasteiger partial charge on any atom is 0.0188 e. The highest BCUT2D eigenvalue weighted by molar-refractivity contribution is 4.81. The van der Waals surface area contributed by atoms with Crippen LogP contribution in [0.5, 0.6) is 0 Å². The second-order valence-corrected chi connectivity index (χ2v) is 2.83. The van der Waals surface area contributed by atoms with Gasteiger partial charge >= 0.3 is 0 Å². The first-order valence-corrected chi connectivity index (χ1v) is 3.56. The van der Waals surface area contributed by atoms with Gasteiger partial charge in [-0.2, -0.15) is 0 Å². The molecule has 0 amide bonds. The van der Waals surface area contributed by atoms with E-state index in [0.717, 1.165) is 13.1 Å². The molecule has 0 rings (SSSR count). The SMILES string of the molecule is [CH]C(C)(C)N(CC)CC. The predicted molar refractivity (Wildman–Crippen MR) is 41.3 cm³/mol. The summed E-state index contributed by atoms with van der Waals surface area (Å²) in [7, 11) is 0. The van der Waals surface area contributed by atoms with Gasteiger partial charge in [-0.05, 0) is 33.9 Å². The second kappa shape index (κ2) is 3.21. The minimum Gasteiger partial charge on any atom is -0.298 e. The first-order valence-electron chi connectivity index (χ1n) is 3.56. The van der Waals surface area contributed by atoms with E-state index >= 15 is 0 Å². The van der Waals surface area contributed by atoms with Crippen molar-refractivity contribution in [1.82, 2.24) is 4.90 Å². The van der Waals surface area contributed by atoms with E-state index in [2.05, 4.69) is 18.7 Å². The molecule has 54 valence electrons. The summed E-state index contributed by atoms with van der Waals surface area (Å²) >= 11 is 0.